The van der Waals surface area contributed by atoms with Crippen LogP contribution in [0.5, 0.6) is 5.75 Å². The molecule has 1 aromatic carbocycles. The van der Waals surface area contributed by atoms with Gasteiger partial charge in [0.05, 0.1) is 13.7 Å². The van der Waals surface area contributed by atoms with Crippen molar-refractivity contribution in [1.82, 2.24) is 4.90 Å². The Bertz CT molecular complexity index is 579. The molecule has 0 aliphatic carbocycles. The average Bonchev–Trinajstić information content (AvgIpc) is 2.49. The minimum Gasteiger partial charge on any atom is -0.496 e. The van der Waals surface area contributed by atoms with E-state index in [1.54, 1.807) is 40.0 Å². The van der Waals surface area contributed by atoms with Crippen LogP contribution < -0.4 is 4.74 Å². The number of ether oxygens (including phenoxy) is 3. The van der Waals surface area contributed by atoms with E-state index in [4.69, 9.17) is 19.3 Å². The van der Waals surface area contributed by atoms with Gasteiger partial charge in [0.25, 0.3) is 0 Å². The summed E-state index contributed by atoms with van der Waals surface area (Å²) in [5.74, 6) is -0.822. The zero-order valence-corrected chi connectivity index (χ0v) is 14.8. The summed E-state index contributed by atoms with van der Waals surface area (Å²) in [6.07, 6.45) is -0.458. The van der Waals surface area contributed by atoms with Crippen LogP contribution in [0.25, 0.3) is 0 Å². The molecule has 0 radical (unpaired) electrons. The highest BCUT2D eigenvalue weighted by Gasteiger charge is 2.22. The molecule has 1 N–H and O–H groups in total. The number of carboxylic acid groups (broad SMARTS) is 1. The molecule has 0 saturated heterocycles. The van der Waals surface area contributed by atoms with Gasteiger partial charge in [-0.1, -0.05) is 6.07 Å². The maximum atomic E-state index is 12.3. The summed E-state index contributed by atoms with van der Waals surface area (Å²) in [4.78, 5) is 25.0. The van der Waals surface area contributed by atoms with Crippen molar-refractivity contribution in [3.8, 4) is 5.75 Å². The monoisotopic (exact) mass is 339 g/mol. The summed E-state index contributed by atoms with van der Waals surface area (Å²) < 4.78 is 15.5. The zero-order chi connectivity index (χ0) is 18.3. The molecular formula is C17H25NO6. The maximum Gasteiger partial charge on any atom is 0.410 e. The molecule has 7 nitrogen and oxygen atoms in total. The van der Waals surface area contributed by atoms with E-state index in [1.807, 2.05) is 0 Å². The summed E-state index contributed by atoms with van der Waals surface area (Å²) in [6, 6.07) is 4.71. The molecule has 0 spiro atoms. The van der Waals surface area contributed by atoms with E-state index in [1.165, 1.54) is 18.1 Å². The second kappa shape index (κ2) is 8.54. The van der Waals surface area contributed by atoms with E-state index in [0.29, 0.717) is 13.2 Å². The average molecular weight is 339 g/mol. The molecule has 1 aromatic rings. The lowest BCUT2D eigenvalue weighted by Gasteiger charge is -2.27. The molecule has 0 saturated carbocycles. The van der Waals surface area contributed by atoms with Crippen molar-refractivity contribution in [3.63, 3.8) is 0 Å². The quantitative estimate of drug-likeness (QED) is 0.822. The largest absolute Gasteiger partial charge is 0.496 e. The van der Waals surface area contributed by atoms with Crippen molar-refractivity contribution in [2.75, 3.05) is 27.4 Å². The lowest BCUT2D eigenvalue weighted by atomic mass is 10.1. The minimum absolute atomic E-state index is 0.0713. The topological polar surface area (TPSA) is 85.3 Å². The number of rotatable bonds is 7. The molecule has 0 unspecified atom stereocenters. The highest BCUT2D eigenvalue weighted by Crippen LogP contribution is 2.22. The Hall–Kier alpha value is -2.28. The third-order valence-electron chi connectivity index (χ3n) is 3.09. The number of carbonyl (C=O) groups is 2. The first-order chi connectivity index (χ1) is 11.2. The third kappa shape index (κ3) is 6.08. The molecule has 0 aliphatic rings. The molecule has 0 heterocycles. The fourth-order valence-corrected chi connectivity index (χ4v) is 1.99. The highest BCUT2D eigenvalue weighted by molar-refractivity contribution is 5.91. The Balaban J connectivity index is 2.97. The van der Waals surface area contributed by atoms with E-state index in [-0.39, 0.29) is 17.9 Å². The third-order valence-corrected chi connectivity index (χ3v) is 3.09. The molecule has 1 amide bonds. The number of amides is 1. The van der Waals surface area contributed by atoms with Crippen molar-refractivity contribution in [2.24, 2.45) is 0 Å². The van der Waals surface area contributed by atoms with Gasteiger partial charge in [0.1, 0.15) is 16.9 Å². The van der Waals surface area contributed by atoms with Crippen molar-refractivity contribution < 1.29 is 28.9 Å². The van der Waals surface area contributed by atoms with Gasteiger partial charge in [0.2, 0.25) is 0 Å². The van der Waals surface area contributed by atoms with Crippen LogP contribution in [-0.2, 0) is 16.0 Å². The van der Waals surface area contributed by atoms with E-state index >= 15 is 0 Å². The molecule has 0 aromatic heterocycles. The van der Waals surface area contributed by atoms with E-state index < -0.39 is 17.7 Å². The van der Waals surface area contributed by atoms with Crippen LogP contribution in [0.15, 0.2) is 18.2 Å². The Morgan fingerprint density at radius 1 is 1.21 bits per heavy atom. The van der Waals surface area contributed by atoms with Gasteiger partial charge in [-0.2, -0.15) is 0 Å². The van der Waals surface area contributed by atoms with Gasteiger partial charge in [-0.3, -0.25) is 0 Å². The SMILES string of the molecule is COCCN(Cc1ccc(C(=O)O)c(OC)c1)C(=O)OC(C)(C)C. The van der Waals surface area contributed by atoms with Gasteiger partial charge in [0, 0.05) is 20.2 Å². The standard InChI is InChI=1S/C17H25NO6/c1-17(2,3)24-16(21)18(8-9-22-4)11-12-6-7-13(15(19)20)14(10-12)23-5/h6-7,10H,8-9,11H2,1-5H3,(H,19,20). The number of hydrogen-bond acceptors (Lipinski definition) is 5. The van der Waals surface area contributed by atoms with E-state index in [0.717, 1.165) is 5.56 Å². The number of carbonyl (C=O) groups excluding carboxylic acids is 1. The molecule has 134 valence electrons. The van der Waals surface area contributed by atoms with Crippen molar-refractivity contribution >= 4 is 12.1 Å². The number of nitrogens with zero attached hydrogens (tertiary/aromatic N) is 1. The second-order valence-electron chi connectivity index (χ2n) is 6.23. The fraction of sp³-hybridized carbons (Fsp3) is 0.529. The Morgan fingerprint density at radius 3 is 2.38 bits per heavy atom. The summed E-state index contributed by atoms with van der Waals surface area (Å²) in [6.45, 7) is 6.37. The van der Waals surface area contributed by atoms with Crippen molar-refractivity contribution in [1.29, 1.82) is 0 Å². The lowest BCUT2D eigenvalue weighted by Crippen LogP contribution is -2.38. The van der Waals surface area contributed by atoms with Crippen LogP contribution in [0.2, 0.25) is 0 Å². The normalized spacial score (nSPS) is 11.0. The van der Waals surface area contributed by atoms with Crippen molar-refractivity contribution in [3.05, 3.63) is 29.3 Å². The van der Waals surface area contributed by atoms with Gasteiger partial charge in [0.15, 0.2) is 0 Å². The molecule has 7 heteroatoms. The number of aromatic carboxylic acids is 1. The Kier molecular flexibility index (Phi) is 7.03. The fourth-order valence-electron chi connectivity index (χ4n) is 1.99. The summed E-state index contributed by atoms with van der Waals surface area (Å²) in [5, 5.41) is 9.12. The van der Waals surface area contributed by atoms with Crippen LogP contribution in [0.3, 0.4) is 0 Å². The first-order valence-corrected chi connectivity index (χ1v) is 7.55. The van der Waals surface area contributed by atoms with Crippen LogP contribution >= 0.6 is 0 Å². The van der Waals surface area contributed by atoms with Crippen LogP contribution in [0, 0.1) is 0 Å². The second-order valence-corrected chi connectivity index (χ2v) is 6.23. The first-order valence-electron chi connectivity index (χ1n) is 7.55. The van der Waals surface area contributed by atoms with Crippen molar-refractivity contribution in [2.45, 2.75) is 32.9 Å². The molecule has 24 heavy (non-hydrogen) atoms. The van der Waals surface area contributed by atoms with E-state index in [2.05, 4.69) is 0 Å². The van der Waals surface area contributed by atoms with Gasteiger partial charge in [-0.05, 0) is 38.5 Å². The van der Waals surface area contributed by atoms with Crippen LogP contribution in [-0.4, -0.2) is 55.0 Å². The van der Waals surface area contributed by atoms with Gasteiger partial charge < -0.3 is 24.2 Å². The molecule has 1 rings (SSSR count). The number of hydrogen-bond donors (Lipinski definition) is 1. The number of methoxy groups -OCH3 is 2. The predicted molar refractivity (Wildman–Crippen MR) is 88.5 cm³/mol. The summed E-state index contributed by atoms with van der Waals surface area (Å²) >= 11 is 0. The first kappa shape index (κ1) is 19.8. The predicted octanol–water partition coefficient (Wildman–Crippen LogP) is 2.78. The molecule has 0 atom stereocenters. The Labute approximate surface area is 142 Å². The van der Waals surface area contributed by atoms with Gasteiger partial charge in [-0.15, -0.1) is 0 Å². The summed E-state index contributed by atoms with van der Waals surface area (Å²) in [7, 11) is 2.96. The van der Waals surface area contributed by atoms with Crippen LogP contribution in [0.4, 0.5) is 4.79 Å². The highest BCUT2D eigenvalue weighted by atomic mass is 16.6. The smallest absolute Gasteiger partial charge is 0.410 e. The zero-order valence-electron chi connectivity index (χ0n) is 14.8. The van der Waals surface area contributed by atoms with Crippen LogP contribution in [0.1, 0.15) is 36.7 Å². The Morgan fingerprint density at radius 2 is 1.88 bits per heavy atom. The van der Waals surface area contributed by atoms with Gasteiger partial charge in [-0.25, -0.2) is 9.59 Å². The maximum absolute atomic E-state index is 12.3. The van der Waals surface area contributed by atoms with E-state index in [9.17, 15) is 9.59 Å². The molecule has 0 fully saturated rings. The molecule has 0 bridgehead atoms. The number of carboxylic acids is 1. The summed E-state index contributed by atoms with van der Waals surface area (Å²) in [5.41, 5.74) is 0.202. The molecular weight excluding hydrogens is 314 g/mol. The number of benzene rings is 1. The van der Waals surface area contributed by atoms with Gasteiger partial charge >= 0.3 is 12.1 Å². The molecule has 0 aliphatic heterocycles. The lowest BCUT2D eigenvalue weighted by molar-refractivity contribution is 0.0183. The minimum atomic E-state index is -1.07.